The molecule has 0 saturated carbocycles. The van der Waals surface area contributed by atoms with Crippen LogP contribution in [0.3, 0.4) is 0 Å². The van der Waals surface area contributed by atoms with Crippen LogP contribution in [0.15, 0.2) is 0 Å². The molecule has 0 rings (SSSR count). The monoisotopic (exact) mass is 187 g/mol. The number of aliphatic carboxylic acids is 1. The van der Waals surface area contributed by atoms with Crippen LogP contribution in [0.5, 0.6) is 0 Å². The summed E-state index contributed by atoms with van der Waals surface area (Å²) in [6.07, 6.45) is 1.10. The van der Waals surface area contributed by atoms with Crippen molar-refractivity contribution in [2.75, 3.05) is 6.54 Å². The maximum atomic E-state index is 9.44. The van der Waals surface area contributed by atoms with Gasteiger partial charge in [-0.3, -0.25) is 0 Å². The summed E-state index contributed by atoms with van der Waals surface area (Å²) in [6.45, 7) is 2.88. The lowest BCUT2D eigenvalue weighted by Gasteiger charge is -1.84. The van der Waals surface area contributed by atoms with E-state index >= 15 is 0 Å². The van der Waals surface area contributed by atoms with Gasteiger partial charge in [0.2, 0.25) is 4.84 Å². The molecule has 0 aliphatic carbocycles. The van der Waals surface area contributed by atoms with Crippen LogP contribution >= 0.6 is 23.2 Å². The van der Waals surface area contributed by atoms with E-state index in [9.17, 15) is 4.79 Å². The second-order valence-electron chi connectivity index (χ2n) is 1.43. The highest BCUT2D eigenvalue weighted by Crippen LogP contribution is 1.98. The Morgan fingerprint density at radius 1 is 1.70 bits per heavy atom. The molecule has 0 atom stereocenters. The summed E-state index contributed by atoms with van der Waals surface area (Å²) >= 11 is 9.56. The van der Waals surface area contributed by atoms with Crippen LogP contribution in [-0.4, -0.2) is 22.5 Å². The van der Waals surface area contributed by atoms with E-state index in [1.54, 1.807) is 0 Å². The van der Waals surface area contributed by atoms with Gasteiger partial charge in [0.1, 0.15) is 0 Å². The molecule has 3 nitrogen and oxygen atoms in total. The van der Waals surface area contributed by atoms with E-state index < -0.39 is 10.8 Å². The first-order valence-corrected chi connectivity index (χ1v) is 3.64. The third-order valence-electron chi connectivity index (χ3n) is 0.475. The Morgan fingerprint density at radius 2 is 1.90 bits per heavy atom. The van der Waals surface area contributed by atoms with E-state index in [1.807, 2.05) is 0 Å². The molecule has 0 saturated heterocycles. The van der Waals surface area contributed by atoms with Crippen molar-refractivity contribution in [1.82, 2.24) is 0 Å². The Kier molecular flexibility index (Phi) is 11.4. The maximum Gasteiger partial charge on any atom is 0.337 e. The van der Waals surface area contributed by atoms with E-state index in [4.69, 9.17) is 34.0 Å². The fraction of sp³-hybridized carbons (Fsp3) is 0.800. The standard InChI is InChI=1S/C3H9N.C2H2Cl2O2/c1-2-3-4;3-1(4)2(5)6/h2-4H2,1H3;1H,(H,5,6). The Balaban J connectivity index is 0. The van der Waals surface area contributed by atoms with Crippen molar-refractivity contribution in [3.05, 3.63) is 0 Å². The van der Waals surface area contributed by atoms with Gasteiger partial charge in [0.05, 0.1) is 0 Å². The van der Waals surface area contributed by atoms with Gasteiger partial charge in [0.15, 0.2) is 0 Å². The Hall–Kier alpha value is 0.01000. The molecular formula is C5H11Cl2NO2. The molecule has 0 radical (unpaired) electrons. The summed E-state index contributed by atoms with van der Waals surface area (Å²) in [5.74, 6) is -1.21. The predicted molar refractivity (Wildman–Crippen MR) is 42.5 cm³/mol. The van der Waals surface area contributed by atoms with E-state index in [2.05, 4.69) is 6.92 Å². The number of rotatable bonds is 2. The first-order chi connectivity index (χ1) is 4.56. The number of alkyl halides is 2. The third-order valence-corrected chi connectivity index (χ3v) is 0.849. The lowest BCUT2D eigenvalue weighted by molar-refractivity contribution is -0.135. The first kappa shape index (κ1) is 12.7. The van der Waals surface area contributed by atoms with Crippen LogP contribution in [0.25, 0.3) is 0 Å². The Morgan fingerprint density at radius 3 is 1.90 bits per heavy atom. The van der Waals surface area contributed by atoms with Gasteiger partial charge in [-0.1, -0.05) is 30.1 Å². The second kappa shape index (κ2) is 9.01. The van der Waals surface area contributed by atoms with Crippen molar-refractivity contribution in [3.8, 4) is 0 Å². The molecule has 0 bridgehead atoms. The second-order valence-corrected chi connectivity index (χ2v) is 2.52. The Labute approximate surface area is 70.1 Å². The topological polar surface area (TPSA) is 63.3 Å². The van der Waals surface area contributed by atoms with Crippen molar-refractivity contribution in [2.24, 2.45) is 5.73 Å². The van der Waals surface area contributed by atoms with Crippen LogP contribution in [0.2, 0.25) is 0 Å². The molecule has 10 heavy (non-hydrogen) atoms. The number of nitrogens with two attached hydrogens (primary N) is 1. The summed E-state index contributed by atoms with van der Waals surface area (Å²) in [6, 6.07) is 0. The van der Waals surface area contributed by atoms with Crippen molar-refractivity contribution in [3.63, 3.8) is 0 Å². The van der Waals surface area contributed by atoms with Gasteiger partial charge in [0.25, 0.3) is 0 Å². The highest BCUT2D eigenvalue weighted by Gasteiger charge is 2.05. The summed E-state index contributed by atoms with van der Waals surface area (Å²) in [5.41, 5.74) is 5.03. The fourth-order valence-electron chi connectivity index (χ4n) is 0. The average molecular weight is 188 g/mol. The number of halogens is 2. The largest absolute Gasteiger partial charge is 0.479 e. The van der Waals surface area contributed by atoms with Gasteiger partial charge < -0.3 is 10.8 Å². The van der Waals surface area contributed by atoms with Crippen molar-refractivity contribution >= 4 is 29.2 Å². The van der Waals surface area contributed by atoms with Crippen LogP contribution in [0.1, 0.15) is 13.3 Å². The molecule has 0 spiro atoms. The first-order valence-electron chi connectivity index (χ1n) is 2.77. The average Bonchev–Trinajstić information content (AvgIpc) is 1.89. The molecule has 0 aromatic heterocycles. The molecule has 0 aromatic rings. The highest BCUT2D eigenvalue weighted by molar-refractivity contribution is 6.52. The maximum absolute atomic E-state index is 9.44. The Bertz CT molecular complexity index is 85.7. The molecule has 0 aromatic carbocycles. The predicted octanol–water partition coefficient (Wildman–Crippen LogP) is 1.23. The van der Waals surface area contributed by atoms with Crippen LogP contribution in [-0.2, 0) is 4.79 Å². The van der Waals surface area contributed by atoms with E-state index in [-0.39, 0.29) is 0 Å². The molecule has 0 unspecified atom stereocenters. The smallest absolute Gasteiger partial charge is 0.337 e. The van der Waals surface area contributed by atoms with Gasteiger partial charge in [0, 0.05) is 0 Å². The van der Waals surface area contributed by atoms with Crippen LogP contribution in [0, 0.1) is 0 Å². The molecule has 3 N–H and O–H groups in total. The molecule has 5 heteroatoms. The van der Waals surface area contributed by atoms with Crippen molar-refractivity contribution < 1.29 is 9.90 Å². The van der Waals surface area contributed by atoms with Crippen LogP contribution in [0.4, 0.5) is 0 Å². The summed E-state index contributed by atoms with van der Waals surface area (Å²) in [4.78, 5) is 8.15. The molecule has 0 fully saturated rings. The molecule has 0 aliphatic heterocycles. The van der Waals surface area contributed by atoms with Crippen molar-refractivity contribution in [1.29, 1.82) is 0 Å². The fourth-order valence-corrected chi connectivity index (χ4v) is 0. The number of hydrogen-bond acceptors (Lipinski definition) is 2. The molecule has 0 aliphatic rings. The number of carboxylic acids is 1. The molecule has 62 valence electrons. The van der Waals surface area contributed by atoms with Gasteiger partial charge in [-0.15, -0.1) is 0 Å². The van der Waals surface area contributed by atoms with Crippen LogP contribution < -0.4 is 5.73 Å². The normalized spacial score (nSPS) is 8.50. The van der Waals surface area contributed by atoms with Crippen molar-refractivity contribution in [2.45, 2.75) is 18.2 Å². The zero-order valence-electron chi connectivity index (χ0n) is 5.68. The number of carbonyl (C=O) groups is 1. The van der Waals surface area contributed by atoms with E-state index in [0.29, 0.717) is 0 Å². The lowest BCUT2D eigenvalue weighted by atomic mass is 10.5. The summed E-state index contributed by atoms with van der Waals surface area (Å²) in [5, 5.41) is 7.73. The minimum atomic E-state index is -1.29. The van der Waals surface area contributed by atoms with Gasteiger partial charge in [-0.2, -0.15) is 0 Å². The summed E-state index contributed by atoms with van der Waals surface area (Å²) < 4.78 is 0. The zero-order valence-corrected chi connectivity index (χ0v) is 7.19. The SMILES string of the molecule is CCCN.O=C(O)C(Cl)Cl. The van der Waals surface area contributed by atoms with E-state index in [0.717, 1.165) is 13.0 Å². The highest BCUT2D eigenvalue weighted by atomic mass is 35.5. The molecule has 0 amide bonds. The quantitative estimate of drug-likeness (QED) is 0.640. The summed E-state index contributed by atoms with van der Waals surface area (Å²) in [7, 11) is 0. The minimum Gasteiger partial charge on any atom is -0.479 e. The molecule has 0 heterocycles. The number of hydrogen-bond donors (Lipinski definition) is 2. The molecular weight excluding hydrogens is 177 g/mol. The minimum absolute atomic E-state index is 0.819. The van der Waals surface area contributed by atoms with Gasteiger partial charge >= 0.3 is 5.97 Å². The van der Waals surface area contributed by atoms with Gasteiger partial charge in [-0.05, 0) is 13.0 Å². The van der Waals surface area contributed by atoms with E-state index in [1.165, 1.54) is 0 Å². The third kappa shape index (κ3) is 15.7. The van der Waals surface area contributed by atoms with Gasteiger partial charge in [-0.25, -0.2) is 4.79 Å². The lowest BCUT2D eigenvalue weighted by Crippen LogP contribution is -2.03. The zero-order chi connectivity index (χ0) is 8.57. The number of carboxylic acid groups (broad SMARTS) is 1.